The highest BCUT2D eigenvalue weighted by Crippen LogP contribution is 2.31. The van der Waals surface area contributed by atoms with Crippen molar-refractivity contribution in [3.63, 3.8) is 0 Å². The Morgan fingerprint density at radius 1 is 1.15 bits per heavy atom. The first kappa shape index (κ1) is 21.4. The van der Waals surface area contributed by atoms with Crippen LogP contribution in [0.4, 0.5) is 5.95 Å². The summed E-state index contributed by atoms with van der Waals surface area (Å²) in [7, 11) is 3.24. The number of aromatic nitrogens is 3. The van der Waals surface area contributed by atoms with Gasteiger partial charge >= 0.3 is 0 Å². The molecule has 1 aromatic carbocycles. The van der Waals surface area contributed by atoms with Crippen molar-refractivity contribution in [1.82, 2.24) is 15.0 Å². The van der Waals surface area contributed by atoms with E-state index in [2.05, 4.69) is 20.3 Å². The van der Waals surface area contributed by atoms with Crippen molar-refractivity contribution in [2.75, 3.05) is 32.8 Å². The lowest BCUT2D eigenvalue weighted by Crippen LogP contribution is -2.31. The molecule has 1 aromatic heterocycles. The van der Waals surface area contributed by atoms with Gasteiger partial charge in [0.25, 0.3) is 0 Å². The van der Waals surface area contributed by atoms with Crippen molar-refractivity contribution in [1.29, 1.82) is 0 Å². The van der Waals surface area contributed by atoms with E-state index < -0.39 is 0 Å². The molecule has 2 rings (SSSR count). The van der Waals surface area contributed by atoms with E-state index in [1.54, 1.807) is 46.3 Å². The van der Waals surface area contributed by atoms with Crippen molar-refractivity contribution < 1.29 is 9.47 Å². The van der Waals surface area contributed by atoms with Crippen LogP contribution in [0.3, 0.4) is 0 Å². The second kappa shape index (κ2) is 9.85. The van der Waals surface area contributed by atoms with Gasteiger partial charge in [0, 0.05) is 36.1 Å². The van der Waals surface area contributed by atoms with Crippen LogP contribution in [-0.4, -0.2) is 48.4 Å². The molecule has 0 fully saturated rings. The fraction of sp³-hybridized carbons (Fsp3) is 0.389. The minimum atomic E-state index is -0.111. The Kier molecular flexibility index (Phi) is 7.79. The van der Waals surface area contributed by atoms with E-state index in [9.17, 15) is 0 Å². The van der Waals surface area contributed by atoms with E-state index in [-0.39, 0.29) is 6.04 Å². The van der Waals surface area contributed by atoms with Crippen molar-refractivity contribution in [3.05, 3.63) is 51.2 Å². The summed E-state index contributed by atoms with van der Waals surface area (Å²) in [6.45, 7) is 4.43. The van der Waals surface area contributed by atoms with Crippen LogP contribution in [0.15, 0.2) is 23.9 Å². The number of benzene rings is 1. The Hall–Kier alpha value is -1.93. The van der Waals surface area contributed by atoms with Gasteiger partial charge < -0.3 is 20.5 Å². The predicted molar refractivity (Wildman–Crippen MR) is 108 cm³/mol. The zero-order valence-corrected chi connectivity index (χ0v) is 17.2. The quantitative estimate of drug-likeness (QED) is 0.687. The topological polar surface area (TPSA) is 95.2 Å². The highest BCUT2D eigenvalue weighted by Gasteiger charge is 2.18. The number of halogens is 2. The van der Waals surface area contributed by atoms with Crippen molar-refractivity contribution in [2.45, 2.75) is 19.9 Å². The third-order valence-electron chi connectivity index (χ3n) is 3.63. The van der Waals surface area contributed by atoms with Crippen LogP contribution >= 0.6 is 23.2 Å². The van der Waals surface area contributed by atoms with Gasteiger partial charge in [-0.15, -0.1) is 0 Å². The number of anilines is 1. The average molecular weight is 412 g/mol. The highest BCUT2D eigenvalue weighted by atomic mass is 35.5. The summed E-state index contributed by atoms with van der Waals surface area (Å²) in [5.74, 6) is 1.36. The number of nitrogens with zero attached hydrogens (tertiary/aromatic N) is 3. The Balaban J connectivity index is 2.46. The van der Waals surface area contributed by atoms with Gasteiger partial charge in [-0.1, -0.05) is 29.3 Å². The molecule has 0 aliphatic carbocycles. The summed E-state index contributed by atoms with van der Waals surface area (Å²) < 4.78 is 10.4. The largest absolute Gasteiger partial charge is 0.402 e. The van der Waals surface area contributed by atoms with E-state index in [1.165, 1.54) is 0 Å². The Morgan fingerprint density at radius 3 is 2.37 bits per heavy atom. The van der Waals surface area contributed by atoms with Gasteiger partial charge in [0.15, 0.2) is 5.82 Å². The molecular weight excluding hydrogens is 389 g/mol. The second-order valence-electron chi connectivity index (χ2n) is 5.96. The maximum Gasteiger partial charge on any atom is 0.226 e. The molecule has 146 valence electrons. The highest BCUT2D eigenvalue weighted by molar-refractivity contribution is 6.35. The van der Waals surface area contributed by atoms with Crippen LogP contribution in [0.5, 0.6) is 0 Å². The van der Waals surface area contributed by atoms with Crippen LogP contribution in [0.1, 0.15) is 24.1 Å². The number of ether oxygens (including phenoxy) is 2. The molecule has 0 spiro atoms. The zero-order chi connectivity index (χ0) is 20.0. The molecule has 0 aliphatic rings. The van der Waals surface area contributed by atoms with Crippen LogP contribution in [0, 0.1) is 6.92 Å². The van der Waals surface area contributed by atoms with Gasteiger partial charge in [0.1, 0.15) is 5.82 Å². The van der Waals surface area contributed by atoms with E-state index in [4.69, 9.17) is 38.4 Å². The van der Waals surface area contributed by atoms with E-state index in [1.807, 2.05) is 0 Å². The van der Waals surface area contributed by atoms with Crippen LogP contribution in [-0.2, 0) is 9.47 Å². The summed E-state index contributed by atoms with van der Waals surface area (Å²) in [4.78, 5) is 13.3. The molecule has 7 nitrogen and oxygen atoms in total. The smallest absolute Gasteiger partial charge is 0.226 e. The van der Waals surface area contributed by atoms with Gasteiger partial charge in [-0.3, -0.25) is 0 Å². The van der Waals surface area contributed by atoms with E-state index >= 15 is 0 Å². The summed E-state index contributed by atoms with van der Waals surface area (Å²) in [6, 6.07) is 5.08. The maximum atomic E-state index is 6.37. The molecule has 0 aliphatic heterocycles. The first-order chi connectivity index (χ1) is 12.8. The molecule has 0 saturated heterocycles. The van der Waals surface area contributed by atoms with Gasteiger partial charge in [-0.2, -0.15) is 9.97 Å². The lowest BCUT2D eigenvalue weighted by Gasteiger charge is -2.18. The number of nitrogens with two attached hydrogens (primary N) is 1. The molecule has 3 N–H and O–H groups in total. The molecule has 1 heterocycles. The number of aryl methyl sites for hydroxylation is 1. The number of methoxy groups -OCH3 is 2. The monoisotopic (exact) mass is 411 g/mol. The summed E-state index contributed by atoms with van der Waals surface area (Å²) in [5, 5.41) is 4.20. The van der Waals surface area contributed by atoms with Gasteiger partial charge in [0.2, 0.25) is 5.95 Å². The van der Waals surface area contributed by atoms with E-state index in [0.29, 0.717) is 57.7 Å². The number of rotatable bonds is 8. The average Bonchev–Trinajstić information content (AvgIpc) is 2.57. The first-order valence-electron chi connectivity index (χ1n) is 8.25. The molecule has 2 aromatic rings. The van der Waals surface area contributed by atoms with Gasteiger partial charge in [-0.05, 0) is 26.0 Å². The van der Waals surface area contributed by atoms with Crippen molar-refractivity contribution in [2.24, 2.45) is 5.73 Å². The third kappa shape index (κ3) is 5.77. The van der Waals surface area contributed by atoms with Gasteiger partial charge in [0.05, 0.1) is 24.3 Å². The fourth-order valence-electron chi connectivity index (χ4n) is 2.58. The molecule has 0 atom stereocenters. The molecule has 0 radical (unpaired) electrons. The molecular formula is C18H23Cl2N5O2. The normalized spacial score (nSPS) is 12.3. The Labute approximate surface area is 168 Å². The van der Waals surface area contributed by atoms with Crippen LogP contribution in [0.2, 0.25) is 10.0 Å². The molecule has 0 amide bonds. The molecule has 0 bridgehead atoms. The Bertz CT molecular complexity index is 819. The number of hydrogen-bond acceptors (Lipinski definition) is 7. The second-order valence-corrected chi connectivity index (χ2v) is 6.81. The predicted octanol–water partition coefficient (Wildman–Crippen LogP) is 3.30. The summed E-state index contributed by atoms with van der Waals surface area (Å²) >= 11 is 12.4. The molecule has 0 saturated carbocycles. The van der Waals surface area contributed by atoms with Crippen LogP contribution in [0.25, 0.3) is 5.57 Å². The minimum Gasteiger partial charge on any atom is -0.402 e. The lowest BCUT2D eigenvalue weighted by atomic mass is 10.0. The molecule has 27 heavy (non-hydrogen) atoms. The van der Waals surface area contributed by atoms with Crippen molar-refractivity contribution >= 4 is 34.7 Å². The SMILES string of the molecule is COCC(COC)Nc1nc(C)nc(C(=C(C)N)c2ccc(Cl)cc2Cl)n1. The summed E-state index contributed by atoms with van der Waals surface area (Å²) in [6.07, 6.45) is 0. The maximum absolute atomic E-state index is 6.37. The third-order valence-corrected chi connectivity index (χ3v) is 4.18. The minimum absolute atomic E-state index is 0.111. The number of nitrogens with one attached hydrogen (secondary N) is 1. The first-order valence-corrected chi connectivity index (χ1v) is 9.00. The number of hydrogen-bond donors (Lipinski definition) is 2. The lowest BCUT2D eigenvalue weighted by molar-refractivity contribution is 0.126. The van der Waals surface area contributed by atoms with Crippen LogP contribution < -0.4 is 11.1 Å². The number of allylic oxidation sites excluding steroid dienone is 1. The summed E-state index contributed by atoms with van der Waals surface area (Å²) in [5.41, 5.74) is 7.98. The van der Waals surface area contributed by atoms with E-state index in [0.717, 1.165) is 0 Å². The van der Waals surface area contributed by atoms with Gasteiger partial charge in [-0.25, -0.2) is 4.98 Å². The molecule has 9 heteroatoms. The zero-order valence-electron chi connectivity index (χ0n) is 15.7. The fourth-order valence-corrected chi connectivity index (χ4v) is 3.08. The van der Waals surface area contributed by atoms with Crippen molar-refractivity contribution in [3.8, 4) is 0 Å². The molecule has 0 unspecified atom stereocenters. The standard InChI is InChI=1S/C18H23Cl2N5O2/c1-10(21)16(14-6-5-12(19)7-15(14)20)17-22-11(2)23-18(25-17)24-13(8-26-3)9-27-4/h5-7,13H,8-9,21H2,1-4H3,(H,22,23,24,25). The Morgan fingerprint density at radius 2 is 1.81 bits per heavy atom.